The second-order valence-electron chi connectivity index (χ2n) is 5.00. The Hall–Kier alpha value is -0.860. The van der Waals surface area contributed by atoms with Crippen LogP contribution in [0.1, 0.15) is 48.9 Å². The number of carbonyl (C=O) groups is 1. The molecule has 18 heavy (non-hydrogen) atoms. The van der Waals surface area contributed by atoms with Gasteiger partial charge in [-0.05, 0) is 37.1 Å². The highest BCUT2D eigenvalue weighted by atomic mass is 35.5. The normalized spacial score (nSPS) is 17.4. The fourth-order valence-corrected chi connectivity index (χ4v) is 2.58. The molecule has 0 bridgehead atoms. The first kappa shape index (κ1) is 13.6. The number of carbonyl (C=O) groups excluding carboxylic acids is 1. The van der Waals surface area contributed by atoms with Crippen molar-refractivity contribution in [1.82, 2.24) is 5.32 Å². The molecule has 1 N–H and O–H groups in total. The number of hydrogen-bond acceptors (Lipinski definition) is 2. The van der Waals surface area contributed by atoms with E-state index in [4.69, 9.17) is 11.6 Å². The monoisotopic (exact) mass is 265 g/mol. The molecule has 98 valence electrons. The third-order valence-electron chi connectivity index (χ3n) is 3.57. The summed E-state index contributed by atoms with van der Waals surface area (Å²) in [5.41, 5.74) is 0.737. The van der Waals surface area contributed by atoms with Gasteiger partial charge in [0.05, 0.1) is 6.54 Å². The van der Waals surface area contributed by atoms with Gasteiger partial charge in [-0.15, -0.1) is 0 Å². The molecule has 1 fully saturated rings. The maximum atomic E-state index is 12.0. The summed E-state index contributed by atoms with van der Waals surface area (Å²) >= 11 is 5.81. The molecule has 2 nitrogen and oxygen atoms in total. The van der Waals surface area contributed by atoms with Gasteiger partial charge in [-0.2, -0.15) is 0 Å². The number of Topliss-reactive ketones (excluding diaryl/α,β-unsaturated/α-hetero) is 1. The minimum atomic E-state index is 0.149. The van der Waals surface area contributed by atoms with E-state index in [-0.39, 0.29) is 5.78 Å². The van der Waals surface area contributed by atoms with Crippen molar-refractivity contribution in [1.29, 1.82) is 0 Å². The largest absolute Gasteiger partial charge is 0.307 e. The third-order valence-corrected chi connectivity index (χ3v) is 3.82. The Balaban J connectivity index is 1.82. The fraction of sp³-hybridized carbons (Fsp3) is 0.533. The quantitative estimate of drug-likeness (QED) is 0.662. The van der Waals surface area contributed by atoms with Crippen LogP contribution in [-0.2, 0) is 0 Å². The van der Waals surface area contributed by atoms with E-state index in [1.807, 2.05) is 0 Å². The van der Waals surface area contributed by atoms with Crippen molar-refractivity contribution in [3.8, 4) is 0 Å². The summed E-state index contributed by atoms with van der Waals surface area (Å²) in [6.07, 6.45) is 7.65. The fourth-order valence-electron chi connectivity index (χ4n) is 2.46. The number of benzene rings is 1. The van der Waals surface area contributed by atoms with E-state index >= 15 is 0 Å². The first-order valence-electron chi connectivity index (χ1n) is 6.78. The van der Waals surface area contributed by atoms with Gasteiger partial charge in [-0.25, -0.2) is 0 Å². The molecule has 1 aliphatic rings. The Morgan fingerprint density at radius 2 is 1.72 bits per heavy atom. The molecule has 3 heteroatoms. The predicted octanol–water partition coefficient (Wildman–Crippen LogP) is 3.84. The van der Waals surface area contributed by atoms with Crippen LogP contribution in [0.25, 0.3) is 0 Å². The van der Waals surface area contributed by atoms with Crippen LogP contribution in [0.15, 0.2) is 24.3 Å². The van der Waals surface area contributed by atoms with Crippen molar-refractivity contribution in [2.45, 2.75) is 44.6 Å². The maximum absolute atomic E-state index is 12.0. The molecule has 1 aliphatic carbocycles. The highest BCUT2D eigenvalue weighted by molar-refractivity contribution is 6.30. The van der Waals surface area contributed by atoms with E-state index in [1.54, 1.807) is 24.3 Å². The SMILES string of the molecule is O=C(CNC1CCCCCC1)c1ccc(Cl)cc1. The molecule has 1 saturated carbocycles. The molecule has 2 rings (SSSR count). The molecule has 0 saturated heterocycles. The molecule has 0 aromatic heterocycles. The van der Waals surface area contributed by atoms with Crippen molar-refractivity contribution < 1.29 is 4.79 Å². The van der Waals surface area contributed by atoms with Gasteiger partial charge < -0.3 is 5.32 Å². The Morgan fingerprint density at radius 1 is 1.11 bits per heavy atom. The molecule has 0 spiro atoms. The highest BCUT2D eigenvalue weighted by Crippen LogP contribution is 2.17. The zero-order valence-electron chi connectivity index (χ0n) is 10.6. The topological polar surface area (TPSA) is 29.1 Å². The number of rotatable bonds is 4. The second kappa shape index (κ2) is 6.91. The van der Waals surface area contributed by atoms with Crippen molar-refractivity contribution >= 4 is 17.4 Å². The minimum Gasteiger partial charge on any atom is -0.307 e. The zero-order valence-corrected chi connectivity index (χ0v) is 11.4. The molecule has 0 aliphatic heterocycles. The summed E-state index contributed by atoms with van der Waals surface area (Å²) < 4.78 is 0. The summed E-state index contributed by atoms with van der Waals surface area (Å²) in [4.78, 5) is 12.0. The second-order valence-corrected chi connectivity index (χ2v) is 5.44. The summed E-state index contributed by atoms with van der Waals surface area (Å²) in [6, 6.07) is 7.63. The average Bonchev–Trinajstić information content (AvgIpc) is 2.65. The molecular weight excluding hydrogens is 246 g/mol. The van der Waals surface area contributed by atoms with Crippen molar-refractivity contribution in [3.63, 3.8) is 0 Å². The lowest BCUT2D eigenvalue weighted by atomic mass is 10.1. The van der Waals surface area contributed by atoms with Gasteiger partial charge in [-0.1, -0.05) is 37.3 Å². The predicted molar refractivity (Wildman–Crippen MR) is 75.3 cm³/mol. The lowest BCUT2D eigenvalue weighted by molar-refractivity contribution is 0.0986. The summed E-state index contributed by atoms with van der Waals surface area (Å²) in [5.74, 6) is 0.149. The van der Waals surface area contributed by atoms with Crippen LogP contribution >= 0.6 is 11.6 Å². The number of hydrogen-bond donors (Lipinski definition) is 1. The van der Waals surface area contributed by atoms with Crippen LogP contribution in [0, 0.1) is 0 Å². The lowest BCUT2D eigenvalue weighted by Crippen LogP contribution is -2.33. The summed E-state index contributed by atoms with van der Waals surface area (Å²) in [5, 5.41) is 4.06. The lowest BCUT2D eigenvalue weighted by Gasteiger charge is -2.15. The highest BCUT2D eigenvalue weighted by Gasteiger charge is 2.13. The van der Waals surface area contributed by atoms with Crippen molar-refractivity contribution in [2.75, 3.05) is 6.54 Å². The van der Waals surface area contributed by atoms with Crippen LogP contribution < -0.4 is 5.32 Å². The summed E-state index contributed by atoms with van der Waals surface area (Å²) in [6.45, 7) is 0.437. The minimum absolute atomic E-state index is 0.149. The molecule has 0 unspecified atom stereocenters. The maximum Gasteiger partial charge on any atom is 0.176 e. The average molecular weight is 266 g/mol. The Bertz CT molecular complexity index is 380. The van der Waals surface area contributed by atoms with Gasteiger partial charge in [0, 0.05) is 16.6 Å². The molecule has 0 radical (unpaired) electrons. The number of halogens is 1. The number of ketones is 1. The van der Waals surface area contributed by atoms with Crippen LogP contribution in [0.5, 0.6) is 0 Å². The molecule has 0 heterocycles. The first-order valence-corrected chi connectivity index (χ1v) is 7.15. The van der Waals surface area contributed by atoms with Gasteiger partial charge >= 0.3 is 0 Å². The molecule has 0 amide bonds. The van der Waals surface area contributed by atoms with Crippen LogP contribution in [0.3, 0.4) is 0 Å². The zero-order chi connectivity index (χ0) is 12.8. The standard InChI is InChI=1S/C15H20ClNO/c16-13-9-7-12(8-10-13)15(18)11-17-14-5-3-1-2-4-6-14/h7-10,14,17H,1-6,11H2. The summed E-state index contributed by atoms with van der Waals surface area (Å²) in [7, 11) is 0. The molecule has 1 aromatic carbocycles. The molecule has 0 atom stereocenters. The van der Waals surface area contributed by atoms with Gasteiger partial charge in [0.15, 0.2) is 5.78 Å². The van der Waals surface area contributed by atoms with E-state index < -0.39 is 0 Å². The Morgan fingerprint density at radius 3 is 2.33 bits per heavy atom. The van der Waals surface area contributed by atoms with Gasteiger partial charge in [-0.3, -0.25) is 4.79 Å². The van der Waals surface area contributed by atoms with Crippen molar-refractivity contribution in [2.24, 2.45) is 0 Å². The third kappa shape index (κ3) is 4.11. The smallest absolute Gasteiger partial charge is 0.176 e. The van der Waals surface area contributed by atoms with Crippen LogP contribution in [0.4, 0.5) is 0 Å². The van der Waals surface area contributed by atoms with Gasteiger partial charge in [0.2, 0.25) is 0 Å². The van der Waals surface area contributed by atoms with Gasteiger partial charge in [0.25, 0.3) is 0 Å². The Kier molecular flexibility index (Phi) is 5.21. The van der Waals surface area contributed by atoms with E-state index in [0.717, 1.165) is 5.56 Å². The van der Waals surface area contributed by atoms with Crippen molar-refractivity contribution in [3.05, 3.63) is 34.9 Å². The van der Waals surface area contributed by atoms with Crippen LogP contribution in [0.2, 0.25) is 5.02 Å². The van der Waals surface area contributed by atoms with E-state index in [9.17, 15) is 4.79 Å². The molecule has 1 aromatic rings. The molecular formula is C15H20ClNO. The number of nitrogens with one attached hydrogen (secondary N) is 1. The first-order chi connectivity index (χ1) is 8.75. The van der Waals surface area contributed by atoms with E-state index in [1.165, 1.54) is 38.5 Å². The van der Waals surface area contributed by atoms with E-state index in [2.05, 4.69) is 5.32 Å². The van der Waals surface area contributed by atoms with Gasteiger partial charge in [0.1, 0.15) is 0 Å². The van der Waals surface area contributed by atoms with E-state index in [0.29, 0.717) is 17.6 Å². The Labute approximate surface area is 114 Å². The van der Waals surface area contributed by atoms with Crippen LogP contribution in [-0.4, -0.2) is 18.4 Å².